The van der Waals surface area contributed by atoms with Crippen molar-refractivity contribution in [3.8, 4) is 0 Å². The Labute approximate surface area is 116 Å². The van der Waals surface area contributed by atoms with Gasteiger partial charge >= 0.3 is 6.09 Å². The molecule has 0 unspecified atom stereocenters. The summed E-state index contributed by atoms with van der Waals surface area (Å²) in [5, 5.41) is 10.9. The predicted octanol–water partition coefficient (Wildman–Crippen LogP) is 3.78. The highest BCUT2D eigenvalue weighted by atomic mass is 32.2. The predicted molar refractivity (Wildman–Crippen MR) is 75.4 cm³/mol. The Balaban J connectivity index is 2.18. The summed E-state index contributed by atoms with van der Waals surface area (Å²) in [4.78, 5) is 11.4. The second kappa shape index (κ2) is 9.16. The van der Waals surface area contributed by atoms with Crippen molar-refractivity contribution in [3.05, 3.63) is 0 Å². The fraction of sp³-hybridized carbons (Fsp3) is 0.727. The summed E-state index contributed by atoms with van der Waals surface area (Å²) < 4.78 is 5.90. The number of carbonyl (C=O) groups is 1. The molecule has 0 aliphatic carbocycles. The first-order chi connectivity index (χ1) is 8.76. The third kappa shape index (κ3) is 6.20. The highest BCUT2D eigenvalue weighted by Crippen LogP contribution is 2.24. The lowest BCUT2D eigenvalue weighted by atomic mass is 10.2. The Hall–Kier alpha value is -0.820. The van der Waals surface area contributed by atoms with Crippen LogP contribution < -0.4 is 5.32 Å². The topological polar surface area (TPSA) is 64.1 Å². The molecule has 1 aromatic heterocycles. The van der Waals surface area contributed by atoms with E-state index in [4.69, 9.17) is 4.74 Å². The maximum atomic E-state index is 11.4. The van der Waals surface area contributed by atoms with Gasteiger partial charge in [0, 0.05) is 0 Å². The summed E-state index contributed by atoms with van der Waals surface area (Å²) >= 11 is 2.96. The monoisotopic (exact) mass is 289 g/mol. The van der Waals surface area contributed by atoms with Crippen molar-refractivity contribution in [3.63, 3.8) is 0 Å². The third-order valence-electron chi connectivity index (χ3n) is 2.11. The van der Waals surface area contributed by atoms with Crippen LogP contribution in [0.3, 0.4) is 0 Å². The molecule has 0 saturated carbocycles. The first kappa shape index (κ1) is 15.2. The van der Waals surface area contributed by atoms with Crippen LogP contribution in [0.2, 0.25) is 0 Å². The molecule has 0 radical (unpaired) electrons. The van der Waals surface area contributed by atoms with Gasteiger partial charge in [0.05, 0.1) is 6.61 Å². The van der Waals surface area contributed by atoms with Gasteiger partial charge in [0.25, 0.3) is 0 Å². The van der Waals surface area contributed by atoms with Crippen LogP contribution >= 0.6 is 23.1 Å². The van der Waals surface area contributed by atoms with Crippen LogP contribution in [0.15, 0.2) is 4.34 Å². The van der Waals surface area contributed by atoms with E-state index < -0.39 is 6.09 Å². The van der Waals surface area contributed by atoms with Gasteiger partial charge in [0.2, 0.25) is 5.13 Å². The Morgan fingerprint density at radius 2 is 2.17 bits per heavy atom. The first-order valence-corrected chi connectivity index (χ1v) is 7.96. The number of ether oxygens (including phenoxy) is 1. The van der Waals surface area contributed by atoms with E-state index in [0.29, 0.717) is 11.7 Å². The van der Waals surface area contributed by atoms with Gasteiger partial charge in [-0.3, -0.25) is 5.32 Å². The van der Waals surface area contributed by atoms with Crippen molar-refractivity contribution in [2.75, 3.05) is 17.7 Å². The van der Waals surface area contributed by atoms with Crippen LogP contribution in [-0.2, 0) is 4.74 Å². The molecule has 18 heavy (non-hydrogen) atoms. The molecule has 1 N–H and O–H groups in total. The summed E-state index contributed by atoms with van der Waals surface area (Å²) in [6.45, 7) is 4.65. The van der Waals surface area contributed by atoms with Gasteiger partial charge in [-0.2, -0.15) is 0 Å². The van der Waals surface area contributed by atoms with E-state index >= 15 is 0 Å². The average molecular weight is 289 g/mol. The molecule has 0 saturated heterocycles. The van der Waals surface area contributed by atoms with Gasteiger partial charge in [0.15, 0.2) is 4.34 Å². The van der Waals surface area contributed by atoms with E-state index in [-0.39, 0.29) is 0 Å². The normalized spacial score (nSPS) is 10.3. The summed E-state index contributed by atoms with van der Waals surface area (Å²) in [7, 11) is 0. The Morgan fingerprint density at radius 1 is 1.33 bits per heavy atom. The molecule has 1 aromatic rings. The van der Waals surface area contributed by atoms with Crippen molar-refractivity contribution < 1.29 is 9.53 Å². The molecule has 0 aromatic carbocycles. The SMILES string of the molecule is CCCCCCOC(=O)Nc1nnc(SCC)s1. The van der Waals surface area contributed by atoms with Crippen LogP contribution in [0, 0.1) is 0 Å². The number of carbonyl (C=O) groups excluding carboxylic acids is 1. The van der Waals surface area contributed by atoms with Crippen molar-refractivity contribution in [1.82, 2.24) is 10.2 Å². The van der Waals surface area contributed by atoms with E-state index in [1.54, 1.807) is 11.8 Å². The molecule has 0 fully saturated rings. The molecule has 1 amide bonds. The van der Waals surface area contributed by atoms with Crippen molar-refractivity contribution >= 4 is 34.3 Å². The zero-order valence-electron chi connectivity index (χ0n) is 10.8. The average Bonchev–Trinajstić information content (AvgIpc) is 2.77. The molecule has 0 spiro atoms. The maximum absolute atomic E-state index is 11.4. The zero-order chi connectivity index (χ0) is 13.2. The molecule has 5 nitrogen and oxygen atoms in total. The molecule has 1 heterocycles. The Morgan fingerprint density at radius 3 is 2.89 bits per heavy atom. The minimum atomic E-state index is -0.448. The number of thioether (sulfide) groups is 1. The molecule has 0 atom stereocenters. The summed E-state index contributed by atoms with van der Waals surface area (Å²) in [6.07, 6.45) is 3.91. The lowest BCUT2D eigenvalue weighted by molar-refractivity contribution is 0.159. The quantitative estimate of drug-likeness (QED) is 0.448. The summed E-state index contributed by atoms with van der Waals surface area (Å²) in [5.41, 5.74) is 0. The molecule has 0 bridgehead atoms. The van der Waals surface area contributed by atoms with Gasteiger partial charge in [-0.25, -0.2) is 4.79 Å². The van der Waals surface area contributed by atoms with Gasteiger partial charge in [-0.1, -0.05) is 56.2 Å². The number of hydrogen-bond donors (Lipinski definition) is 1. The van der Waals surface area contributed by atoms with E-state index in [1.165, 1.54) is 24.2 Å². The maximum Gasteiger partial charge on any atom is 0.413 e. The minimum Gasteiger partial charge on any atom is -0.449 e. The number of aromatic nitrogens is 2. The standard InChI is InChI=1S/C11H19N3O2S2/c1-3-5-6-7-8-16-10(15)12-9-13-14-11(18-9)17-4-2/h3-8H2,1-2H3,(H,12,13,15). The lowest BCUT2D eigenvalue weighted by Gasteiger charge is -2.03. The molecule has 102 valence electrons. The number of unbranched alkanes of at least 4 members (excludes halogenated alkanes) is 3. The number of nitrogens with zero attached hydrogens (tertiary/aromatic N) is 2. The fourth-order valence-corrected chi connectivity index (χ4v) is 2.89. The van der Waals surface area contributed by atoms with Gasteiger partial charge < -0.3 is 4.74 Å². The van der Waals surface area contributed by atoms with Crippen molar-refractivity contribution in [2.45, 2.75) is 43.9 Å². The number of hydrogen-bond acceptors (Lipinski definition) is 6. The molecular weight excluding hydrogens is 270 g/mol. The molecule has 0 aliphatic rings. The van der Waals surface area contributed by atoms with Crippen molar-refractivity contribution in [1.29, 1.82) is 0 Å². The molecule has 0 aliphatic heterocycles. The summed E-state index contributed by atoms with van der Waals surface area (Å²) in [6, 6.07) is 0. The van der Waals surface area contributed by atoms with Crippen LogP contribution in [0.25, 0.3) is 0 Å². The van der Waals surface area contributed by atoms with E-state index in [9.17, 15) is 4.79 Å². The second-order valence-corrected chi connectivity index (χ2v) is 6.12. The highest BCUT2D eigenvalue weighted by Gasteiger charge is 2.08. The van der Waals surface area contributed by atoms with Crippen LogP contribution in [0.1, 0.15) is 39.5 Å². The van der Waals surface area contributed by atoms with Crippen LogP contribution in [0.5, 0.6) is 0 Å². The fourth-order valence-electron chi connectivity index (χ4n) is 1.26. The first-order valence-electron chi connectivity index (χ1n) is 6.16. The van der Waals surface area contributed by atoms with Gasteiger partial charge in [-0.15, -0.1) is 10.2 Å². The van der Waals surface area contributed by atoms with Crippen LogP contribution in [-0.4, -0.2) is 28.7 Å². The largest absolute Gasteiger partial charge is 0.449 e. The number of amides is 1. The number of anilines is 1. The smallest absolute Gasteiger partial charge is 0.413 e. The summed E-state index contributed by atoms with van der Waals surface area (Å²) in [5.74, 6) is 0.941. The Kier molecular flexibility index (Phi) is 7.75. The second-order valence-electron chi connectivity index (χ2n) is 3.63. The third-order valence-corrected chi connectivity index (χ3v) is 3.97. The molecule has 7 heteroatoms. The van der Waals surface area contributed by atoms with E-state index in [0.717, 1.165) is 22.9 Å². The Bertz CT molecular complexity index is 358. The minimum absolute atomic E-state index is 0.448. The highest BCUT2D eigenvalue weighted by molar-refractivity contribution is 8.01. The molecular formula is C11H19N3O2S2. The van der Waals surface area contributed by atoms with Crippen molar-refractivity contribution in [2.24, 2.45) is 0 Å². The number of rotatable bonds is 8. The van der Waals surface area contributed by atoms with Gasteiger partial charge in [0.1, 0.15) is 0 Å². The van der Waals surface area contributed by atoms with Gasteiger partial charge in [-0.05, 0) is 12.2 Å². The lowest BCUT2D eigenvalue weighted by Crippen LogP contribution is -2.14. The number of nitrogens with one attached hydrogen (secondary N) is 1. The zero-order valence-corrected chi connectivity index (χ0v) is 12.4. The van der Waals surface area contributed by atoms with Crippen LogP contribution in [0.4, 0.5) is 9.93 Å². The van der Waals surface area contributed by atoms with E-state index in [1.807, 2.05) is 6.92 Å². The van der Waals surface area contributed by atoms with E-state index in [2.05, 4.69) is 22.4 Å². The molecule has 1 rings (SSSR count).